The predicted octanol–water partition coefficient (Wildman–Crippen LogP) is 13.5. The molecule has 51 heavy (non-hydrogen) atoms. The second-order valence-corrected chi connectivity index (χ2v) is 14.0. The molecule has 0 atom stereocenters. The minimum Gasteiger partial charge on any atom is -0.226 e. The fourth-order valence-electron chi connectivity index (χ4n) is 7.37. The Hall–Kier alpha value is -6.42. The fourth-order valence-corrected chi connectivity index (χ4v) is 8.52. The lowest BCUT2D eigenvalue weighted by atomic mass is 9.90. The smallest absolute Gasteiger partial charge is 0.160 e. The predicted molar refractivity (Wildman–Crippen MR) is 217 cm³/mol. The van der Waals surface area contributed by atoms with Gasteiger partial charge in [-0.05, 0) is 85.3 Å². The summed E-state index contributed by atoms with van der Waals surface area (Å²) in [5, 5.41) is 6.11. The van der Waals surface area contributed by atoms with Crippen LogP contribution in [0, 0.1) is 0 Å². The molecule has 0 fully saturated rings. The highest BCUT2D eigenvalue weighted by atomic mass is 32.1. The molecule has 0 radical (unpaired) electrons. The SMILES string of the molecule is c1ccc(-c2ccc(-c3cc(-c4nc(-c5ccccc5)c5sc6ccccc6c5n4)cc(-c4cc5ccccc5c5ccccc45)c3)cc2)cc1. The summed E-state index contributed by atoms with van der Waals surface area (Å²) in [7, 11) is 0. The summed E-state index contributed by atoms with van der Waals surface area (Å²) in [5.74, 6) is 0.721. The van der Waals surface area contributed by atoms with Crippen LogP contribution < -0.4 is 0 Å². The van der Waals surface area contributed by atoms with E-state index < -0.39 is 0 Å². The van der Waals surface area contributed by atoms with Gasteiger partial charge in [0.25, 0.3) is 0 Å². The van der Waals surface area contributed by atoms with E-state index in [2.05, 4.69) is 182 Å². The summed E-state index contributed by atoms with van der Waals surface area (Å²) < 4.78 is 2.33. The van der Waals surface area contributed by atoms with E-state index in [0.717, 1.165) is 54.9 Å². The maximum absolute atomic E-state index is 5.37. The Kier molecular flexibility index (Phi) is 7.04. The highest BCUT2D eigenvalue weighted by molar-refractivity contribution is 7.26. The molecule has 0 amide bonds. The fraction of sp³-hybridized carbons (Fsp3) is 0. The van der Waals surface area contributed by atoms with Gasteiger partial charge < -0.3 is 0 Å². The van der Waals surface area contributed by atoms with Gasteiger partial charge in [0.2, 0.25) is 0 Å². The Bertz CT molecular complexity index is 2890. The molecular formula is C48H30N2S. The van der Waals surface area contributed by atoms with Gasteiger partial charge in [0.15, 0.2) is 5.82 Å². The molecule has 2 nitrogen and oxygen atoms in total. The van der Waals surface area contributed by atoms with Gasteiger partial charge in [-0.2, -0.15) is 0 Å². The summed E-state index contributed by atoms with van der Waals surface area (Å²) in [6, 6.07) is 65.1. The van der Waals surface area contributed by atoms with E-state index in [0.29, 0.717) is 0 Å². The molecular weight excluding hydrogens is 637 g/mol. The van der Waals surface area contributed by atoms with E-state index in [9.17, 15) is 0 Å². The van der Waals surface area contributed by atoms with Gasteiger partial charge in [-0.3, -0.25) is 0 Å². The van der Waals surface area contributed by atoms with Crippen molar-refractivity contribution in [3.8, 4) is 56.0 Å². The van der Waals surface area contributed by atoms with Crippen LogP contribution in [0.3, 0.4) is 0 Å². The third-order valence-corrected chi connectivity index (χ3v) is 11.0. The van der Waals surface area contributed by atoms with E-state index >= 15 is 0 Å². The molecule has 0 aliphatic heterocycles. The molecule has 2 aromatic heterocycles. The topological polar surface area (TPSA) is 25.8 Å². The standard InChI is InChI=1S/C48H30N2S/c1-3-13-31(14-4-1)32-23-25-33(26-24-32)36-27-37(43-30-35-17-7-8-18-39(35)40-19-9-10-20-41(40)43)29-38(28-36)48-49-45(34-15-5-2-6-16-34)47-46(50-48)42-21-11-12-22-44(42)51-47/h1-30H. The van der Waals surface area contributed by atoms with Crippen molar-refractivity contribution < 1.29 is 0 Å². The molecule has 0 aliphatic rings. The Morgan fingerprint density at radius 1 is 0.353 bits per heavy atom. The molecule has 10 rings (SSSR count). The van der Waals surface area contributed by atoms with Crippen LogP contribution in [-0.2, 0) is 0 Å². The average Bonchev–Trinajstić information content (AvgIpc) is 3.59. The number of aromatic nitrogens is 2. The van der Waals surface area contributed by atoms with Crippen molar-refractivity contribution in [3.05, 3.63) is 182 Å². The number of rotatable bonds is 5. The van der Waals surface area contributed by atoms with Crippen LogP contribution in [0.15, 0.2) is 182 Å². The number of hydrogen-bond acceptors (Lipinski definition) is 3. The van der Waals surface area contributed by atoms with Crippen molar-refractivity contribution in [2.24, 2.45) is 0 Å². The van der Waals surface area contributed by atoms with E-state index in [1.807, 2.05) is 0 Å². The Morgan fingerprint density at radius 3 is 1.67 bits per heavy atom. The lowest BCUT2D eigenvalue weighted by Gasteiger charge is -2.15. The molecule has 0 N–H and O–H groups in total. The monoisotopic (exact) mass is 666 g/mol. The van der Waals surface area contributed by atoms with Crippen molar-refractivity contribution in [1.82, 2.24) is 9.97 Å². The van der Waals surface area contributed by atoms with Crippen molar-refractivity contribution >= 4 is 53.2 Å². The molecule has 3 heteroatoms. The second kappa shape index (κ2) is 12.2. The third-order valence-electron chi connectivity index (χ3n) is 9.86. The van der Waals surface area contributed by atoms with Gasteiger partial charge in [0.1, 0.15) is 0 Å². The normalized spacial score (nSPS) is 11.5. The first kappa shape index (κ1) is 29.5. The number of hydrogen-bond donors (Lipinski definition) is 0. The number of fused-ring (bicyclic) bond motifs is 6. The molecule has 0 saturated carbocycles. The van der Waals surface area contributed by atoms with Gasteiger partial charge in [-0.25, -0.2) is 9.97 Å². The van der Waals surface area contributed by atoms with Crippen molar-refractivity contribution in [2.45, 2.75) is 0 Å². The second-order valence-electron chi connectivity index (χ2n) is 13.0. The Labute approximate surface area is 300 Å². The zero-order chi connectivity index (χ0) is 33.7. The summed E-state index contributed by atoms with van der Waals surface area (Å²) in [6.07, 6.45) is 0. The summed E-state index contributed by atoms with van der Waals surface area (Å²) in [4.78, 5) is 10.7. The molecule has 8 aromatic carbocycles. The lowest BCUT2D eigenvalue weighted by molar-refractivity contribution is 1.24. The number of benzene rings is 8. The first-order valence-electron chi connectivity index (χ1n) is 17.2. The lowest BCUT2D eigenvalue weighted by Crippen LogP contribution is -1.95. The van der Waals surface area contributed by atoms with Crippen LogP contribution in [0.5, 0.6) is 0 Å². The molecule has 0 spiro atoms. The van der Waals surface area contributed by atoms with Crippen LogP contribution in [0.4, 0.5) is 0 Å². The molecule has 2 heterocycles. The largest absolute Gasteiger partial charge is 0.226 e. The van der Waals surface area contributed by atoms with Gasteiger partial charge in [0.05, 0.1) is 15.9 Å². The molecule has 0 bridgehead atoms. The number of nitrogens with zero attached hydrogens (tertiary/aromatic N) is 2. The summed E-state index contributed by atoms with van der Waals surface area (Å²) >= 11 is 1.76. The Balaban J connectivity index is 1.24. The van der Waals surface area contributed by atoms with Gasteiger partial charge in [-0.15, -0.1) is 11.3 Å². The maximum atomic E-state index is 5.37. The van der Waals surface area contributed by atoms with Crippen LogP contribution in [-0.4, -0.2) is 9.97 Å². The maximum Gasteiger partial charge on any atom is 0.160 e. The van der Waals surface area contributed by atoms with Crippen LogP contribution in [0.25, 0.3) is 97.9 Å². The van der Waals surface area contributed by atoms with E-state index in [-0.39, 0.29) is 0 Å². The molecule has 0 saturated heterocycles. The molecule has 0 aliphatic carbocycles. The van der Waals surface area contributed by atoms with Crippen LogP contribution >= 0.6 is 11.3 Å². The zero-order valence-corrected chi connectivity index (χ0v) is 28.4. The van der Waals surface area contributed by atoms with Crippen molar-refractivity contribution in [1.29, 1.82) is 0 Å². The van der Waals surface area contributed by atoms with Gasteiger partial charge in [0, 0.05) is 21.2 Å². The van der Waals surface area contributed by atoms with Gasteiger partial charge >= 0.3 is 0 Å². The van der Waals surface area contributed by atoms with Gasteiger partial charge in [-0.1, -0.05) is 152 Å². The van der Waals surface area contributed by atoms with Crippen molar-refractivity contribution in [2.75, 3.05) is 0 Å². The molecule has 238 valence electrons. The minimum absolute atomic E-state index is 0.721. The van der Waals surface area contributed by atoms with Crippen LogP contribution in [0.1, 0.15) is 0 Å². The van der Waals surface area contributed by atoms with E-state index in [1.54, 1.807) is 11.3 Å². The summed E-state index contributed by atoms with van der Waals surface area (Å²) in [6.45, 7) is 0. The van der Waals surface area contributed by atoms with Crippen LogP contribution in [0.2, 0.25) is 0 Å². The molecule has 10 aromatic rings. The quantitative estimate of drug-likeness (QED) is 0.171. The first-order valence-corrected chi connectivity index (χ1v) is 18.1. The third kappa shape index (κ3) is 5.18. The Morgan fingerprint density at radius 2 is 0.902 bits per heavy atom. The molecule has 0 unspecified atom stereocenters. The van der Waals surface area contributed by atoms with Crippen molar-refractivity contribution in [3.63, 3.8) is 0 Å². The first-order chi connectivity index (χ1) is 25.3. The highest BCUT2D eigenvalue weighted by Gasteiger charge is 2.18. The van der Waals surface area contributed by atoms with E-state index in [4.69, 9.17) is 9.97 Å². The minimum atomic E-state index is 0.721. The average molecular weight is 667 g/mol. The summed E-state index contributed by atoms with van der Waals surface area (Å²) in [5.41, 5.74) is 11.0. The zero-order valence-electron chi connectivity index (χ0n) is 27.6. The highest BCUT2D eigenvalue weighted by Crippen LogP contribution is 2.42. The number of thiophene rings is 1. The van der Waals surface area contributed by atoms with E-state index in [1.165, 1.54) is 42.9 Å².